The molecule has 0 aromatic heterocycles. The molecule has 0 spiro atoms. The van der Waals surface area contributed by atoms with Gasteiger partial charge in [-0.2, -0.15) is 0 Å². The first-order valence-corrected chi connectivity index (χ1v) is 7.12. The van der Waals surface area contributed by atoms with Gasteiger partial charge in [-0.1, -0.05) is 65.2 Å². The normalized spacial score (nSPS) is 10.1. The molecule has 0 unspecified atom stereocenters. The van der Waals surface area contributed by atoms with Crippen LogP contribution in [0.4, 0.5) is 0 Å². The second kappa shape index (κ2) is 17.6. The number of hydrogen-bond acceptors (Lipinski definition) is 1. The summed E-state index contributed by atoms with van der Waals surface area (Å²) in [5.74, 6) is 0. The second-order valence-corrected chi connectivity index (χ2v) is 4.58. The van der Waals surface area contributed by atoms with E-state index in [1.165, 1.54) is 77.3 Å². The third-order valence-electron chi connectivity index (χ3n) is 2.91. The van der Waals surface area contributed by atoms with E-state index in [0.29, 0.717) is 0 Å². The molecule has 0 saturated carbocycles. The molecule has 0 aromatic rings. The zero-order valence-electron chi connectivity index (χ0n) is 11.4. The summed E-state index contributed by atoms with van der Waals surface area (Å²) in [7, 11) is 0. The molecule has 0 atom stereocenters. The quantitative estimate of drug-likeness (QED) is 0.483. The number of unbranched alkanes of at least 4 members (excludes halogenated alkanes) is 8. The van der Waals surface area contributed by atoms with Crippen molar-refractivity contribution in [2.24, 2.45) is 0 Å². The van der Waals surface area contributed by atoms with Crippen molar-refractivity contribution in [3.05, 3.63) is 0 Å². The first-order valence-electron chi connectivity index (χ1n) is 7.12. The molecule has 0 fully saturated rings. The van der Waals surface area contributed by atoms with Gasteiger partial charge in [0, 0.05) is 0 Å². The average Bonchev–Trinajstić information content (AvgIpc) is 2.26. The van der Waals surface area contributed by atoms with Gasteiger partial charge in [0.2, 0.25) is 0 Å². The first kappa shape index (κ1) is 18.6. The fraction of sp³-hybridized carbons (Fsp3) is 1.00. The van der Waals surface area contributed by atoms with Gasteiger partial charge in [0.25, 0.3) is 0 Å². The molecular formula is C14H32ClN. The standard InChI is InChI=1S/C14H31N.ClH/c1-3-5-7-9-11-13-15-14-12-10-8-6-4-2;/h15H,3-14H2,1-2H3;1H. The Morgan fingerprint density at radius 1 is 0.562 bits per heavy atom. The fourth-order valence-corrected chi connectivity index (χ4v) is 1.83. The molecule has 0 aliphatic carbocycles. The van der Waals surface area contributed by atoms with Gasteiger partial charge in [0.05, 0.1) is 0 Å². The van der Waals surface area contributed by atoms with Crippen molar-refractivity contribution in [2.75, 3.05) is 13.1 Å². The van der Waals surface area contributed by atoms with Crippen LogP contribution in [0.5, 0.6) is 0 Å². The predicted molar refractivity (Wildman–Crippen MR) is 77.6 cm³/mol. The van der Waals surface area contributed by atoms with Gasteiger partial charge in [-0.25, -0.2) is 0 Å². The van der Waals surface area contributed by atoms with Crippen LogP contribution in [0.2, 0.25) is 0 Å². The van der Waals surface area contributed by atoms with Crippen molar-refractivity contribution >= 4 is 12.4 Å². The van der Waals surface area contributed by atoms with E-state index in [1.54, 1.807) is 0 Å². The van der Waals surface area contributed by atoms with Crippen LogP contribution in [0.25, 0.3) is 0 Å². The maximum atomic E-state index is 3.54. The minimum Gasteiger partial charge on any atom is -0.317 e. The summed E-state index contributed by atoms with van der Waals surface area (Å²) in [4.78, 5) is 0. The van der Waals surface area contributed by atoms with Crippen molar-refractivity contribution in [3.8, 4) is 0 Å². The highest BCUT2D eigenvalue weighted by Crippen LogP contribution is 2.02. The van der Waals surface area contributed by atoms with Crippen LogP contribution in [-0.4, -0.2) is 13.1 Å². The van der Waals surface area contributed by atoms with Gasteiger partial charge in [-0.05, 0) is 25.9 Å². The van der Waals surface area contributed by atoms with Crippen LogP contribution in [0, 0.1) is 0 Å². The van der Waals surface area contributed by atoms with Gasteiger partial charge in [0.1, 0.15) is 0 Å². The van der Waals surface area contributed by atoms with Crippen molar-refractivity contribution in [1.29, 1.82) is 0 Å². The topological polar surface area (TPSA) is 12.0 Å². The van der Waals surface area contributed by atoms with Crippen molar-refractivity contribution < 1.29 is 0 Å². The summed E-state index contributed by atoms with van der Waals surface area (Å²) >= 11 is 0. The number of halogens is 1. The Labute approximate surface area is 109 Å². The Balaban J connectivity index is 0. The molecule has 1 nitrogen and oxygen atoms in total. The van der Waals surface area contributed by atoms with E-state index in [9.17, 15) is 0 Å². The molecule has 1 N–H and O–H groups in total. The van der Waals surface area contributed by atoms with E-state index in [0.717, 1.165) is 0 Å². The maximum absolute atomic E-state index is 3.54. The molecule has 0 aromatic carbocycles. The minimum absolute atomic E-state index is 0. The van der Waals surface area contributed by atoms with E-state index in [4.69, 9.17) is 0 Å². The first-order chi connectivity index (χ1) is 7.41. The summed E-state index contributed by atoms with van der Waals surface area (Å²) < 4.78 is 0. The number of nitrogens with one attached hydrogen (secondary N) is 1. The molecule has 0 heterocycles. The lowest BCUT2D eigenvalue weighted by Gasteiger charge is -2.04. The van der Waals surface area contributed by atoms with Crippen LogP contribution in [0.3, 0.4) is 0 Å². The van der Waals surface area contributed by atoms with Gasteiger partial charge in [-0.15, -0.1) is 12.4 Å². The Morgan fingerprint density at radius 3 is 1.31 bits per heavy atom. The lowest BCUT2D eigenvalue weighted by atomic mass is 10.1. The average molecular weight is 250 g/mol. The summed E-state index contributed by atoms with van der Waals surface area (Å²) in [6, 6.07) is 0. The van der Waals surface area contributed by atoms with Crippen LogP contribution in [-0.2, 0) is 0 Å². The Hall–Kier alpha value is 0.250. The van der Waals surface area contributed by atoms with Gasteiger partial charge >= 0.3 is 0 Å². The second-order valence-electron chi connectivity index (χ2n) is 4.58. The highest BCUT2D eigenvalue weighted by Gasteiger charge is 1.90. The molecule has 0 bridgehead atoms. The molecule has 100 valence electrons. The van der Waals surface area contributed by atoms with Gasteiger partial charge in [0.15, 0.2) is 0 Å². The highest BCUT2D eigenvalue weighted by atomic mass is 35.5. The van der Waals surface area contributed by atoms with Crippen molar-refractivity contribution in [1.82, 2.24) is 5.32 Å². The number of rotatable bonds is 12. The summed E-state index contributed by atoms with van der Waals surface area (Å²) in [6.07, 6.45) is 13.9. The molecule has 0 aliphatic heterocycles. The van der Waals surface area contributed by atoms with Crippen LogP contribution in [0.1, 0.15) is 78.1 Å². The predicted octanol–water partition coefficient (Wildman–Crippen LogP) is 4.94. The fourth-order valence-electron chi connectivity index (χ4n) is 1.83. The Kier molecular flexibility index (Phi) is 20.5. The lowest BCUT2D eigenvalue weighted by Crippen LogP contribution is -2.16. The van der Waals surface area contributed by atoms with Crippen LogP contribution >= 0.6 is 12.4 Å². The monoisotopic (exact) mass is 249 g/mol. The largest absolute Gasteiger partial charge is 0.317 e. The van der Waals surface area contributed by atoms with Crippen molar-refractivity contribution in [3.63, 3.8) is 0 Å². The Bertz CT molecular complexity index is 94.9. The molecule has 0 rings (SSSR count). The van der Waals surface area contributed by atoms with E-state index in [1.807, 2.05) is 0 Å². The zero-order valence-corrected chi connectivity index (χ0v) is 12.2. The maximum Gasteiger partial charge on any atom is -0.00489 e. The molecule has 0 saturated heterocycles. The van der Waals surface area contributed by atoms with Crippen molar-refractivity contribution in [2.45, 2.75) is 78.1 Å². The van der Waals surface area contributed by atoms with Crippen LogP contribution < -0.4 is 5.32 Å². The zero-order chi connectivity index (χ0) is 11.2. The van der Waals surface area contributed by atoms with E-state index < -0.39 is 0 Å². The summed E-state index contributed by atoms with van der Waals surface area (Å²) in [5, 5.41) is 3.54. The van der Waals surface area contributed by atoms with E-state index in [2.05, 4.69) is 19.2 Å². The molecule has 0 radical (unpaired) electrons. The number of hydrogen-bond donors (Lipinski definition) is 1. The highest BCUT2D eigenvalue weighted by molar-refractivity contribution is 5.85. The third-order valence-corrected chi connectivity index (χ3v) is 2.91. The minimum atomic E-state index is 0. The molecule has 0 aliphatic rings. The molecule has 16 heavy (non-hydrogen) atoms. The smallest absolute Gasteiger partial charge is 0.00489 e. The SMILES string of the molecule is CCCCCCCNCCCCCCC.Cl. The summed E-state index contributed by atoms with van der Waals surface area (Å²) in [6.45, 7) is 7.01. The van der Waals surface area contributed by atoms with E-state index in [-0.39, 0.29) is 12.4 Å². The van der Waals surface area contributed by atoms with Crippen LogP contribution in [0.15, 0.2) is 0 Å². The molecule has 2 heteroatoms. The summed E-state index contributed by atoms with van der Waals surface area (Å²) in [5.41, 5.74) is 0. The molecular weight excluding hydrogens is 218 g/mol. The Morgan fingerprint density at radius 2 is 0.938 bits per heavy atom. The van der Waals surface area contributed by atoms with E-state index >= 15 is 0 Å². The lowest BCUT2D eigenvalue weighted by molar-refractivity contribution is 0.552. The third kappa shape index (κ3) is 16.7. The van der Waals surface area contributed by atoms with Gasteiger partial charge < -0.3 is 5.32 Å². The van der Waals surface area contributed by atoms with Gasteiger partial charge in [-0.3, -0.25) is 0 Å². The molecule has 0 amide bonds.